The van der Waals surface area contributed by atoms with E-state index in [0.717, 1.165) is 15.7 Å². The van der Waals surface area contributed by atoms with Crippen molar-refractivity contribution in [3.8, 4) is 0 Å². The minimum Gasteiger partial charge on any atom is -0.465 e. The Morgan fingerprint density at radius 1 is 1.39 bits per heavy atom. The summed E-state index contributed by atoms with van der Waals surface area (Å²) in [5.74, 6) is -2.93. The van der Waals surface area contributed by atoms with Crippen molar-refractivity contribution in [2.45, 2.75) is 51.5 Å². The van der Waals surface area contributed by atoms with Crippen LogP contribution in [0.2, 0.25) is 0 Å². The van der Waals surface area contributed by atoms with E-state index in [0.29, 0.717) is 24.9 Å². The van der Waals surface area contributed by atoms with E-state index in [4.69, 9.17) is 4.74 Å². The fourth-order valence-corrected chi connectivity index (χ4v) is 3.69. The number of nitrogens with zero attached hydrogens (tertiary/aromatic N) is 1. The first kappa shape index (κ1) is 18.2. The lowest BCUT2D eigenvalue weighted by molar-refractivity contribution is -0.0380. The van der Waals surface area contributed by atoms with E-state index in [1.54, 1.807) is 6.07 Å². The van der Waals surface area contributed by atoms with Crippen molar-refractivity contribution in [2.75, 3.05) is 18.6 Å². The summed E-state index contributed by atoms with van der Waals surface area (Å²) in [5, 5.41) is 0. The quantitative estimate of drug-likeness (QED) is 0.682. The zero-order valence-corrected chi connectivity index (χ0v) is 15.3. The number of ether oxygens (including phenoxy) is 1. The highest BCUT2D eigenvalue weighted by atomic mass is 79.9. The van der Waals surface area contributed by atoms with E-state index in [1.807, 2.05) is 19.9 Å². The zero-order chi connectivity index (χ0) is 17.2. The molecule has 1 aliphatic carbocycles. The number of carbonyl (C=O) groups excluding carboxylic acids is 1. The van der Waals surface area contributed by atoms with E-state index in [9.17, 15) is 13.6 Å². The average molecular weight is 390 g/mol. The molecule has 0 bridgehead atoms. The molecule has 6 heteroatoms. The maximum atomic E-state index is 13.4. The van der Waals surface area contributed by atoms with Crippen LogP contribution in [0.5, 0.6) is 0 Å². The van der Waals surface area contributed by atoms with E-state index >= 15 is 0 Å². The Balaban J connectivity index is 2.35. The average Bonchev–Trinajstić information content (AvgIpc) is 2.51. The Bertz CT molecular complexity index is 582. The van der Waals surface area contributed by atoms with Gasteiger partial charge in [-0.3, -0.25) is 0 Å². The zero-order valence-electron chi connectivity index (χ0n) is 13.7. The van der Waals surface area contributed by atoms with Crippen molar-refractivity contribution >= 4 is 27.6 Å². The van der Waals surface area contributed by atoms with Crippen molar-refractivity contribution in [1.82, 2.24) is 0 Å². The fourth-order valence-electron chi connectivity index (χ4n) is 3.25. The number of carbonyl (C=O) groups is 1. The lowest BCUT2D eigenvalue weighted by atomic mass is 9.90. The Morgan fingerprint density at radius 3 is 2.52 bits per heavy atom. The normalized spacial score (nSPS) is 17.8. The molecule has 1 aliphatic rings. The molecule has 0 unspecified atom stereocenters. The molecule has 2 rings (SSSR count). The van der Waals surface area contributed by atoms with Crippen LogP contribution in [0.15, 0.2) is 16.6 Å². The molecule has 0 amide bonds. The number of methoxy groups -OCH3 is 1. The molecular weight excluding hydrogens is 368 g/mol. The third-order valence-corrected chi connectivity index (χ3v) is 4.99. The summed E-state index contributed by atoms with van der Waals surface area (Å²) in [6.07, 6.45) is 0.761. The van der Waals surface area contributed by atoms with E-state index < -0.39 is 11.9 Å². The minimum atomic E-state index is -2.54. The number of rotatable bonds is 4. The molecule has 0 N–H and O–H groups in total. The fraction of sp³-hybridized carbons (Fsp3) is 0.588. The van der Waals surface area contributed by atoms with E-state index in [1.165, 1.54) is 7.11 Å². The number of hydrogen-bond acceptors (Lipinski definition) is 3. The molecule has 0 radical (unpaired) electrons. The molecule has 3 nitrogen and oxygen atoms in total. The highest BCUT2D eigenvalue weighted by molar-refractivity contribution is 9.10. The molecule has 1 fully saturated rings. The molecule has 0 aromatic heterocycles. The van der Waals surface area contributed by atoms with Crippen LogP contribution in [0, 0.1) is 6.92 Å². The Morgan fingerprint density at radius 2 is 2.00 bits per heavy atom. The maximum Gasteiger partial charge on any atom is 0.338 e. The number of hydrogen-bond donors (Lipinski definition) is 0. The summed E-state index contributed by atoms with van der Waals surface area (Å²) in [4.78, 5) is 14.1. The topological polar surface area (TPSA) is 29.5 Å². The predicted molar refractivity (Wildman–Crippen MR) is 90.4 cm³/mol. The summed E-state index contributed by atoms with van der Waals surface area (Å²) in [6.45, 7) is 4.58. The lowest BCUT2D eigenvalue weighted by Gasteiger charge is -2.38. The van der Waals surface area contributed by atoms with Gasteiger partial charge < -0.3 is 9.64 Å². The standard InChI is InChI=1S/C17H22BrF2NO2/c1-4-21(13-5-7-17(19,20)8-6-13)15-10-12(18)9-14(11(15)2)16(22)23-3/h9-10,13H,4-8H2,1-3H3. The van der Waals surface area contributed by atoms with Gasteiger partial charge in [0.25, 0.3) is 0 Å². The molecule has 128 valence electrons. The van der Waals surface area contributed by atoms with Crippen molar-refractivity contribution in [3.63, 3.8) is 0 Å². The molecular formula is C17H22BrF2NO2. The number of anilines is 1. The largest absolute Gasteiger partial charge is 0.465 e. The van der Waals surface area contributed by atoms with E-state index in [2.05, 4.69) is 20.8 Å². The van der Waals surface area contributed by atoms with Gasteiger partial charge in [-0.05, 0) is 44.4 Å². The van der Waals surface area contributed by atoms with Crippen LogP contribution >= 0.6 is 15.9 Å². The first-order valence-corrected chi connectivity index (χ1v) is 8.61. The van der Waals surface area contributed by atoms with Gasteiger partial charge in [-0.2, -0.15) is 0 Å². The number of benzene rings is 1. The molecule has 0 spiro atoms. The van der Waals surface area contributed by atoms with Gasteiger partial charge in [-0.25, -0.2) is 13.6 Å². The molecule has 1 saturated carbocycles. The summed E-state index contributed by atoms with van der Waals surface area (Å²) in [5.41, 5.74) is 2.22. The van der Waals surface area contributed by atoms with Crippen molar-refractivity contribution in [2.24, 2.45) is 0 Å². The SMILES string of the molecule is CCN(c1cc(Br)cc(C(=O)OC)c1C)C1CCC(F)(F)CC1. The van der Waals surface area contributed by atoms with Crippen molar-refractivity contribution in [3.05, 3.63) is 27.7 Å². The highest BCUT2D eigenvalue weighted by Crippen LogP contribution is 2.38. The molecule has 0 heterocycles. The van der Waals surface area contributed by atoms with Gasteiger partial charge in [-0.1, -0.05) is 15.9 Å². The van der Waals surface area contributed by atoms with Crippen molar-refractivity contribution in [1.29, 1.82) is 0 Å². The second-order valence-electron chi connectivity index (χ2n) is 5.96. The Hall–Kier alpha value is -1.17. The first-order chi connectivity index (χ1) is 10.8. The van der Waals surface area contributed by atoms with Gasteiger partial charge in [0.15, 0.2) is 0 Å². The highest BCUT2D eigenvalue weighted by Gasteiger charge is 2.37. The molecule has 0 aliphatic heterocycles. The van der Waals surface area contributed by atoms with Crippen LogP contribution in [-0.2, 0) is 4.74 Å². The number of halogens is 3. The van der Waals surface area contributed by atoms with Gasteiger partial charge in [0.05, 0.1) is 12.7 Å². The smallest absolute Gasteiger partial charge is 0.338 e. The van der Waals surface area contributed by atoms with Crippen molar-refractivity contribution < 1.29 is 18.3 Å². The third kappa shape index (κ3) is 4.03. The van der Waals surface area contributed by atoms with Crippen LogP contribution in [-0.4, -0.2) is 31.6 Å². The number of esters is 1. The van der Waals surface area contributed by atoms with Gasteiger partial charge in [0.2, 0.25) is 5.92 Å². The summed E-state index contributed by atoms with van der Waals surface area (Å²) in [6, 6.07) is 3.74. The molecule has 0 saturated heterocycles. The molecule has 23 heavy (non-hydrogen) atoms. The summed E-state index contributed by atoms with van der Waals surface area (Å²) >= 11 is 3.43. The minimum absolute atomic E-state index is 0.0677. The maximum absolute atomic E-state index is 13.4. The van der Waals surface area contributed by atoms with Crippen LogP contribution < -0.4 is 4.90 Å². The van der Waals surface area contributed by atoms with Gasteiger partial charge in [0, 0.05) is 35.6 Å². The molecule has 1 aromatic rings. The van der Waals surface area contributed by atoms with Crippen LogP contribution in [0.3, 0.4) is 0 Å². The second kappa shape index (κ2) is 7.16. The van der Waals surface area contributed by atoms with Gasteiger partial charge in [0.1, 0.15) is 0 Å². The molecule has 0 atom stereocenters. The lowest BCUT2D eigenvalue weighted by Crippen LogP contribution is -2.41. The number of alkyl halides is 2. The predicted octanol–water partition coefficient (Wildman–Crippen LogP) is 4.95. The Kier molecular flexibility index (Phi) is 5.65. The van der Waals surface area contributed by atoms with Crippen LogP contribution in [0.1, 0.15) is 48.5 Å². The van der Waals surface area contributed by atoms with Crippen LogP contribution in [0.25, 0.3) is 0 Å². The van der Waals surface area contributed by atoms with Gasteiger partial charge in [-0.15, -0.1) is 0 Å². The monoisotopic (exact) mass is 389 g/mol. The summed E-state index contributed by atoms with van der Waals surface area (Å²) < 4.78 is 32.5. The summed E-state index contributed by atoms with van der Waals surface area (Å²) in [7, 11) is 1.35. The Labute approximate surface area is 144 Å². The van der Waals surface area contributed by atoms with E-state index in [-0.39, 0.29) is 18.9 Å². The third-order valence-electron chi connectivity index (χ3n) is 4.53. The van der Waals surface area contributed by atoms with Gasteiger partial charge >= 0.3 is 5.97 Å². The first-order valence-electron chi connectivity index (χ1n) is 7.82. The molecule has 1 aromatic carbocycles. The second-order valence-corrected chi connectivity index (χ2v) is 6.88. The van der Waals surface area contributed by atoms with Crippen LogP contribution in [0.4, 0.5) is 14.5 Å².